The van der Waals surface area contributed by atoms with E-state index in [0.29, 0.717) is 22.6 Å². The Morgan fingerprint density at radius 2 is 2.17 bits per heavy atom. The highest BCUT2D eigenvalue weighted by Crippen LogP contribution is 2.26. The zero-order chi connectivity index (χ0) is 13.1. The number of hydrogen-bond donors (Lipinski definition) is 0. The molecule has 3 nitrogen and oxygen atoms in total. The number of hydrogen-bond acceptors (Lipinski definition) is 3. The molecule has 0 saturated heterocycles. The molecule has 0 aliphatic rings. The number of benzene rings is 1. The number of ether oxygens (including phenoxy) is 1. The normalized spacial score (nSPS) is 9.89. The SMILES string of the molecule is COc1cnc(-c2ccc(F)c(Cl)c2)cc1C#N. The van der Waals surface area contributed by atoms with Crippen LogP contribution in [0.15, 0.2) is 30.5 Å². The first-order chi connectivity index (χ1) is 8.65. The van der Waals surface area contributed by atoms with Crippen molar-refractivity contribution in [2.75, 3.05) is 7.11 Å². The van der Waals surface area contributed by atoms with Crippen LogP contribution in [0.5, 0.6) is 5.75 Å². The minimum absolute atomic E-state index is 0.0172. The average Bonchev–Trinajstić information content (AvgIpc) is 2.41. The van der Waals surface area contributed by atoms with Gasteiger partial charge in [0.05, 0.1) is 29.6 Å². The van der Waals surface area contributed by atoms with Crippen molar-refractivity contribution >= 4 is 11.6 Å². The van der Waals surface area contributed by atoms with Gasteiger partial charge in [0.25, 0.3) is 0 Å². The van der Waals surface area contributed by atoms with Gasteiger partial charge in [-0.1, -0.05) is 11.6 Å². The molecule has 0 radical (unpaired) electrons. The van der Waals surface area contributed by atoms with Crippen LogP contribution in [0.4, 0.5) is 4.39 Å². The molecule has 0 bridgehead atoms. The molecule has 1 heterocycles. The van der Waals surface area contributed by atoms with Gasteiger partial charge in [-0.2, -0.15) is 5.26 Å². The molecule has 0 amide bonds. The van der Waals surface area contributed by atoms with E-state index in [4.69, 9.17) is 21.6 Å². The number of aromatic nitrogens is 1. The zero-order valence-electron chi connectivity index (χ0n) is 9.45. The van der Waals surface area contributed by atoms with Crippen molar-refractivity contribution < 1.29 is 9.13 Å². The third-order valence-corrected chi connectivity index (χ3v) is 2.71. The van der Waals surface area contributed by atoms with Crippen molar-refractivity contribution in [1.82, 2.24) is 4.98 Å². The Hall–Kier alpha value is -2.12. The summed E-state index contributed by atoms with van der Waals surface area (Å²) in [6.07, 6.45) is 1.45. The second-order valence-corrected chi connectivity index (χ2v) is 3.92. The maximum Gasteiger partial charge on any atom is 0.154 e. The van der Waals surface area contributed by atoms with E-state index < -0.39 is 5.82 Å². The topological polar surface area (TPSA) is 45.9 Å². The highest BCUT2D eigenvalue weighted by Gasteiger charge is 2.08. The predicted octanol–water partition coefficient (Wildman–Crippen LogP) is 3.42. The van der Waals surface area contributed by atoms with Crippen molar-refractivity contribution in [2.45, 2.75) is 0 Å². The molecular weight excluding hydrogens is 255 g/mol. The first kappa shape index (κ1) is 12.3. The van der Waals surface area contributed by atoms with Crippen molar-refractivity contribution in [2.24, 2.45) is 0 Å². The Bertz CT molecular complexity index is 637. The lowest BCUT2D eigenvalue weighted by molar-refractivity contribution is 0.411. The predicted molar refractivity (Wildman–Crippen MR) is 65.9 cm³/mol. The van der Waals surface area contributed by atoms with Crippen LogP contribution in [0.2, 0.25) is 5.02 Å². The molecule has 1 aromatic heterocycles. The van der Waals surface area contributed by atoms with Crippen LogP contribution >= 0.6 is 11.6 Å². The van der Waals surface area contributed by atoms with Gasteiger partial charge in [-0.05, 0) is 24.3 Å². The molecule has 1 aromatic carbocycles. The molecule has 0 aliphatic carbocycles. The third kappa shape index (κ3) is 2.27. The van der Waals surface area contributed by atoms with Gasteiger partial charge < -0.3 is 4.74 Å². The lowest BCUT2D eigenvalue weighted by Crippen LogP contribution is -1.92. The summed E-state index contributed by atoms with van der Waals surface area (Å²) in [7, 11) is 1.46. The van der Waals surface area contributed by atoms with E-state index in [1.54, 1.807) is 12.1 Å². The lowest BCUT2D eigenvalue weighted by Gasteiger charge is -2.05. The van der Waals surface area contributed by atoms with Crippen LogP contribution in [-0.2, 0) is 0 Å². The smallest absolute Gasteiger partial charge is 0.154 e. The van der Waals surface area contributed by atoms with Crippen molar-refractivity contribution in [1.29, 1.82) is 5.26 Å². The summed E-state index contributed by atoms with van der Waals surface area (Å²) in [6.45, 7) is 0. The number of nitrogens with zero attached hydrogens (tertiary/aromatic N) is 2. The molecule has 0 fully saturated rings. The molecule has 0 spiro atoms. The minimum atomic E-state index is -0.491. The quantitative estimate of drug-likeness (QED) is 0.833. The van der Waals surface area contributed by atoms with Crippen molar-refractivity contribution in [3.8, 4) is 23.1 Å². The summed E-state index contributed by atoms with van der Waals surface area (Å²) in [6, 6.07) is 7.86. The highest BCUT2D eigenvalue weighted by atomic mass is 35.5. The fourth-order valence-corrected chi connectivity index (χ4v) is 1.69. The van der Waals surface area contributed by atoms with E-state index in [2.05, 4.69) is 4.98 Å². The molecule has 18 heavy (non-hydrogen) atoms. The fraction of sp³-hybridized carbons (Fsp3) is 0.0769. The van der Waals surface area contributed by atoms with Crippen molar-refractivity contribution in [3.05, 3.63) is 46.9 Å². The first-order valence-electron chi connectivity index (χ1n) is 5.05. The van der Waals surface area contributed by atoms with Gasteiger partial charge in [-0.15, -0.1) is 0 Å². The molecule has 0 unspecified atom stereocenters. The monoisotopic (exact) mass is 262 g/mol. The average molecular weight is 263 g/mol. The van der Waals surface area contributed by atoms with E-state index in [0.717, 1.165) is 0 Å². The minimum Gasteiger partial charge on any atom is -0.494 e. The number of pyridine rings is 1. The maximum absolute atomic E-state index is 13.1. The Morgan fingerprint density at radius 3 is 2.78 bits per heavy atom. The van der Waals surface area contributed by atoms with Gasteiger partial charge in [0.1, 0.15) is 11.9 Å². The summed E-state index contributed by atoms with van der Waals surface area (Å²) in [5.41, 5.74) is 1.54. The molecular formula is C13H8ClFN2O. The Labute approximate surface area is 108 Å². The van der Waals surface area contributed by atoms with Gasteiger partial charge in [-0.25, -0.2) is 4.39 Å². The van der Waals surface area contributed by atoms with Crippen LogP contribution in [0.25, 0.3) is 11.3 Å². The molecule has 5 heteroatoms. The molecule has 0 saturated carbocycles. The van der Waals surface area contributed by atoms with Gasteiger partial charge in [-0.3, -0.25) is 4.98 Å². The molecule has 0 aliphatic heterocycles. The molecule has 0 N–H and O–H groups in total. The molecule has 2 rings (SSSR count). The van der Waals surface area contributed by atoms with Crippen LogP contribution in [0, 0.1) is 17.1 Å². The van der Waals surface area contributed by atoms with Crippen molar-refractivity contribution in [3.63, 3.8) is 0 Å². The standard InChI is InChI=1S/C13H8ClFN2O/c1-18-13-7-17-12(5-9(13)6-16)8-2-3-11(15)10(14)4-8/h2-5,7H,1H3. The van der Waals surface area contributed by atoms with E-state index in [1.807, 2.05) is 6.07 Å². The largest absolute Gasteiger partial charge is 0.494 e. The summed E-state index contributed by atoms with van der Waals surface area (Å²) < 4.78 is 18.1. The molecule has 0 atom stereocenters. The first-order valence-corrected chi connectivity index (χ1v) is 5.43. The number of halogens is 2. The van der Waals surface area contributed by atoms with E-state index >= 15 is 0 Å². The Balaban J connectivity index is 2.51. The number of nitriles is 1. The highest BCUT2D eigenvalue weighted by molar-refractivity contribution is 6.31. The second-order valence-electron chi connectivity index (χ2n) is 3.51. The number of rotatable bonds is 2. The number of methoxy groups -OCH3 is 1. The lowest BCUT2D eigenvalue weighted by atomic mass is 10.1. The van der Waals surface area contributed by atoms with E-state index in [-0.39, 0.29) is 5.02 Å². The Kier molecular flexibility index (Phi) is 3.45. The Morgan fingerprint density at radius 1 is 1.39 bits per heavy atom. The van der Waals surface area contributed by atoms with Gasteiger partial charge >= 0.3 is 0 Å². The molecule has 90 valence electrons. The van der Waals surface area contributed by atoms with E-state index in [1.165, 1.54) is 25.4 Å². The summed E-state index contributed by atoms with van der Waals surface area (Å²) >= 11 is 5.70. The summed E-state index contributed by atoms with van der Waals surface area (Å²) in [5, 5.41) is 8.99. The van der Waals surface area contributed by atoms with Crippen LogP contribution in [0.3, 0.4) is 0 Å². The zero-order valence-corrected chi connectivity index (χ0v) is 10.2. The summed E-state index contributed by atoms with van der Waals surface area (Å²) in [4.78, 5) is 4.14. The third-order valence-electron chi connectivity index (χ3n) is 2.42. The van der Waals surface area contributed by atoms with E-state index in [9.17, 15) is 4.39 Å². The van der Waals surface area contributed by atoms with Crippen LogP contribution in [0.1, 0.15) is 5.56 Å². The second kappa shape index (κ2) is 5.03. The van der Waals surface area contributed by atoms with Crippen LogP contribution in [-0.4, -0.2) is 12.1 Å². The van der Waals surface area contributed by atoms with Gasteiger partial charge in [0.15, 0.2) is 5.75 Å². The summed E-state index contributed by atoms with van der Waals surface area (Å²) in [5.74, 6) is -0.0936. The fourth-order valence-electron chi connectivity index (χ4n) is 1.51. The maximum atomic E-state index is 13.1. The molecule has 2 aromatic rings. The van der Waals surface area contributed by atoms with Crippen LogP contribution < -0.4 is 4.74 Å². The van der Waals surface area contributed by atoms with Gasteiger partial charge in [0, 0.05) is 5.56 Å². The van der Waals surface area contributed by atoms with Gasteiger partial charge in [0.2, 0.25) is 0 Å².